The summed E-state index contributed by atoms with van der Waals surface area (Å²) in [6.45, 7) is 8.89. The van der Waals surface area contributed by atoms with Gasteiger partial charge in [-0.2, -0.15) is 5.10 Å². The lowest BCUT2D eigenvalue weighted by Gasteiger charge is -2.09. The zero-order valence-corrected chi connectivity index (χ0v) is 9.83. The summed E-state index contributed by atoms with van der Waals surface area (Å²) in [6.07, 6.45) is 5.72. The summed E-state index contributed by atoms with van der Waals surface area (Å²) in [4.78, 5) is 0. The second kappa shape index (κ2) is 5.18. The Kier molecular flexibility index (Phi) is 4.18. The molecule has 14 heavy (non-hydrogen) atoms. The molecule has 1 aromatic rings. The Morgan fingerprint density at radius 2 is 2.07 bits per heavy atom. The fourth-order valence-electron chi connectivity index (χ4n) is 1.63. The highest BCUT2D eigenvalue weighted by Crippen LogP contribution is 2.19. The van der Waals surface area contributed by atoms with Gasteiger partial charge in [0.2, 0.25) is 0 Å². The molecule has 0 aliphatic carbocycles. The van der Waals surface area contributed by atoms with Crippen molar-refractivity contribution in [2.75, 3.05) is 0 Å². The molecule has 0 bridgehead atoms. The molecule has 2 nitrogen and oxygen atoms in total. The first-order valence-corrected chi connectivity index (χ1v) is 5.74. The molecule has 0 N–H and O–H groups in total. The van der Waals surface area contributed by atoms with Crippen LogP contribution in [0.4, 0.5) is 0 Å². The third kappa shape index (κ3) is 2.60. The van der Waals surface area contributed by atoms with E-state index in [1.54, 1.807) is 0 Å². The van der Waals surface area contributed by atoms with Crippen molar-refractivity contribution in [1.82, 2.24) is 9.78 Å². The number of aromatic nitrogens is 2. The van der Waals surface area contributed by atoms with Gasteiger partial charge in [0.25, 0.3) is 0 Å². The van der Waals surface area contributed by atoms with Crippen LogP contribution in [0.2, 0.25) is 0 Å². The topological polar surface area (TPSA) is 17.8 Å². The molecular weight excluding hydrogens is 172 g/mol. The molecule has 0 saturated carbocycles. The Morgan fingerprint density at radius 1 is 1.36 bits per heavy atom. The highest BCUT2D eigenvalue weighted by atomic mass is 15.3. The fourth-order valence-corrected chi connectivity index (χ4v) is 1.63. The third-order valence-electron chi connectivity index (χ3n) is 2.90. The Morgan fingerprint density at radius 3 is 2.64 bits per heavy atom. The smallest absolute Gasteiger partial charge is 0.0652 e. The molecule has 0 fully saturated rings. The first-order valence-electron chi connectivity index (χ1n) is 5.74. The van der Waals surface area contributed by atoms with Crippen LogP contribution in [0.15, 0.2) is 12.3 Å². The number of rotatable bonds is 5. The number of nitrogens with zero attached hydrogens (tertiary/aromatic N) is 2. The average Bonchev–Trinajstić information content (AvgIpc) is 2.66. The van der Waals surface area contributed by atoms with E-state index in [1.165, 1.54) is 18.5 Å². The first kappa shape index (κ1) is 11.3. The monoisotopic (exact) mass is 194 g/mol. The Labute approximate surface area is 87.3 Å². The molecule has 1 heterocycles. The van der Waals surface area contributed by atoms with Crippen LogP contribution in [0.1, 0.15) is 64.6 Å². The van der Waals surface area contributed by atoms with Gasteiger partial charge in [0.1, 0.15) is 0 Å². The minimum atomic E-state index is 0.526. The molecule has 0 radical (unpaired) electrons. The molecule has 0 aromatic carbocycles. The lowest BCUT2D eigenvalue weighted by molar-refractivity contribution is 0.468. The normalized spacial score (nSPS) is 15.4. The molecule has 2 atom stereocenters. The van der Waals surface area contributed by atoms with Gasteiger partial charge in [-0.15, -0.1) is 0 Å². The maximum Gasteiger partial charge on any atom is 0.0652 e. The number of hydrogen-bond acceptors (Lipinski definition) is 1. The van der Waals surface area contributed by atoms with Crippen LogP contribution >= 0.6 is 0 Å². The third-order valence-corrected chi connectivity index (χ3v) is 2.90. The Bertz CT molecular complexity index is 265. The largest absolute Gasteiger partial charge is 0.270 e. The summed E-state index contributed by atoms with van der Waals surface area (Å²) in [5.74, 6) is 0.602. The minimum Gasteiger partial charge on any atom is -0.270 e. The Balaban J connectivity index is 2.67. The second-order valence-corrected chi connectivity index (χ2v) is 4.17. The summed E-state index contributed by atoms with van der Waals surface area (Å²) in [5, 5.41) is 4.62. The van der Waals surface area contributed by atoms with Gasteiger partial charge in [-0.05, 0) is 25.8 Å². The van der Waals surface area contributed by atoms with E-state index in [4.69, 9.17) is 0 Å². The maximum atomic E-state index is 4.62. The van der Waals surface area contributed by atoms with Crippen molar-refractivity contribution in [1.29, 1.82) is 0 Å². The van der Waals surface area contributed by atoms with E-state index in [2.05, 4.69) is 49.7 Å². The molecular formula is C12H22N2. The SMILES string of the molecule is CCCC(C)c1ccn(C(C)CC)n1. The van der Waals surface area contributed by atoms with E-state index in [1.807, 2.05) is 0 Å². The standard InChI is InChI=1S/C12H22N2/c1-5-7-10(3)12-8-9-14(13-12)11(4)6-2/h8-11H,5-7H2,1-4H3. The van der Waals surface area contributed by atoms with Gasteiger partial charge in [0, 0.05) is 18.2 Å². The van der Waals surface area contributed by atoms with Crippen molar-refractivity contribution in [3.8, 4) is 0 Å². The van der Waals surface area contributed by atoms with Crippen LogP contribution in [-0.4, -0.2) is 9.78 Å². The van der Waals surface area contributed by atoms with Gasteiger partial charge in [0.15, 0.2) is 0 Å². The van der Waals surface area contributed by atoms with Crippen molar-refractivity contribution in [2.45, 2.75) is 58.9 Å². The highest BCUT2D eigenvalue weighted by Gasteiger charge is 2.09. The van der Waals surface area contributed by atoms with Gasteiger partial charge in [-0.25, -0.2) is 0 Å². The van der Waals surface area contributed by atoms with Gasteiger partial charge in [-0.1, -0.05) is 27.2 Å². The van der Waals surface area contributed by atoms with Crippen LogP contribution in [0.3, 0.4) is 0 Å². The zero-order chi connectivity index (χ0) is 10.6. The summed E-state index contributed by atoms with van der Waals surface area (Å²) >= 11 is 0. The van der Waals surface area contributed by atoms with E-state index < -0.39 is 0 Å². The molecule has 1 rings (SSSR count). The summed E-state index contributed by atoms with van der Waals surface area (Å²) in [5.41, 5.74) is 1.24. The molecule has 0 spiro atoms. The molecule has 0 aliphatic rings. The molecule has 0 aliphatic heterocycles. The maximum absolute atomic E-state index is 4.62. The predicted octanol–water partition coefficient (Wildman–Crippen LogP) is 3.76. The summed E-state index contributed by atoms with van der Waals surface area (Å²) in [6, 6.07) is 2.68. The highest BCUT2D eigenvalue weighted by molar-refractivity contribution is 5.05. The van der Waals surface area contributed by atoms with Gasteiger partial charge >= 0.3 is 0 Å². The van der Waals surface area contributed by atoms with Crippen molar-refractivity contribution in [3.05, 3.63) is 18.0 Å². The minimum absolute atomic E-state index is 0.526. The molecule has 0 amide bonds. The van der Waals surface area contributed by atoms with Gasteiger partial charge in [-0.3, -0.25) is 4.68 Å². The summed E-state index contributed by atoms with van der Waals surface area (Å²) in [7, 11) is 0. The number of hydrogen-bond donors (Lipinski definition) is 0. The van der Waals surface area contributed by atoms with Crippen molar-refractivity contribution in [2.24, 2.45) is 0 Å². The van der Waals surface area contributed by atoms with Crippen molar-refractivity contribution in [3.63, 3.8) is 0 Å². The lowest BCUT2D eigenvalue weighted by Crippen LogP contribution is -2.05. The molecule has 2 heteroatoms. The molecule has 2 unspecified atom stereocenters. The predicted molar refractivity (Wildman–Crippen MR) is 60.6 cm³/mol. The van der Waals surface area contributed by atoms with Crippen molar-refractivity contribution >= 4 is 0 Å². The van der Waals surface area contributed by atoms with Crippen LogP contribution in [-0.2, 0) is 0 Å². The van der Waals surface area contributed by atoms with Gasteiger partial charge < -0.3 is 0 Å². The van der Waals surface area contributed by atoms with E-state index in [0.29, 0.717) is 12.0 Å². The quantitative estimate of drug-likeness (QED) is 0.698. The van der Waals surface area contributed by atoms with E-state index in [9.17, 15) is 0 Å². The fraction of sp³-hybridized carbons (Fsp3) is 0.750. The Hall–Kier alpha value is -0.790. The molecule has 1 aromatic heterocycles. The van der Waals surface area contributed by atoms with E-state index in [-0.39, 0.29) is 0 Å². The first-order chi connectivity index (χ1) is 6.69. The second-order valence-electron chi connectivity index (χ2n) is 4.17. The van der Waals surface area contributed by atoms with E-state index in [0.717, 1.165) is 6.42 Å². The van der Waals surface area contributed by atoms with Crippen LogP contribution in [0, 0.1) is 0 Å². The summed E-state index contributed by atoms with van der Waals surface area (Å²) < 4.78 is 2.08. The van der Waals surface area contributed by atoms with Crippen molar-refractivity contribution < 1.29 is 0 Å². The molecule has 0 saturated heterocycles. The van der Waals surface area contributed by atoms with E-state index >= 15 is 0 Å². The van der Waals surface area contributed by atoms with Crippen LogP contribution in [0.5, 0.6) is 0 Å². The zero-order valence-electron chi connectivity index (χ0n) is 9.83. The van der Waals surface area contributed by atoms with Crippen LogP contribution in [0.25, 0.3) is 0 Å². The average molecular weight is 194 g/mol. The van der Waals surface area contributed by atoms with Gasteiger partial charge in [0.05, 0.1) is 5.69 Å². The van der Waals surface area contributed by atoms with Crippen LogP contribution < -0.4 is 0 Å². The molecule has 80 valence electrons. The lowest BCUT2D eigenvalue weighted by atomic mass is 10.0.